The van der Waals surface area contributed by atoms with Crippen molar-refractivity contribution in [3.8, 4) is 22.8 Å². The maximum atomic E-state index is 12.2. The van der Waals surface area contributed by atoms with Gasteiger partial charge in [-0.2, -0.15) is 0 Å². The van der Waals surface area contributed by atoms with Gasteiger partial charge in [0.2, 0.25) is 5.91 Å². The molecule has 0 saturated carbocycles. The van der Waals surface area contributed by atoms with E-state index in [1.165, 1.54) is 12.5 Å². The van der Waals surface area contributed by atoms with Gasteiger partial charge in [-0.1, -0.05) is 6.07 Å². The number of nitrogens with zero attached hydrogens (tertiary/aromatic N) is 1. The standard InChI is InChI=1S/C22H22N2O4/c1-15(2)28-19-10-4-16(12-20(19)26-3)5-11-22(25)24-18-8-6-17(7-9-18)21-13-23-14-27-21/h4-15H,1-3H3,(H,24,25)/b11-5+. The van der Waals surface area contributed by atoms with Crippen LogP contribution in [0.2, 0.25) is 0 Å². The van der Waals surface area contributed by atoms with Crippen LogP contribution in [0, 0.1) is 0 Å². The zero-order valence-corrected chi connectivity index (χ0v) is 16.0. The first-order chi connectivity index (χ1) is 13.5. The van der Waals surface area contributed by atoms with E-state index in [0.29, 0.717) is 22.9 Å². The quantitative estimate of drug-likeness (QED) is 0.599. The van der Waals surface area contributed by atoms with Gasteiger partial charge in [-0.25, -0.2) is 4.98 Å². The molecule has 144 valence electrons. The number of rotatable bonds is 7. The first kappa shape index (κ1) is 19.2. The Kier molecular flexibility index (Phi) is 6.11. The molecule has 0 unspecified atom stereocenters. The summed E-state index contributed by atoms with van der Waals surface area (Å²) < 4.78 is 16.3. The van der Waals surface area contributed by atoms with Crippen molar-refractivity contribution in [1.29, 1.82) is 0 Å². The summed E-state index contributed by atoms with van der Waals surface area (Å²) >= 11 is 0. The van der Waals surface area contributed by atoms with Gasteiger partial charge in [0.05, 0.1) is 19.4 Å². The molecule has 0 fully saturated rings. The van der Waals surface area contributed by atoms with Crippen molar-refractivity contribution >= 4 is 17.7 Å². The van der Waals surface area contributed by atoms with Crippen molar-refractivity contribution in [2.45, 2.75) is 20.0 Å². The fourth-order valence-electron chi connectivity index (χ4n) is 2.57. The Balaban J connectivity index is 1.63. The van der Waals surface area contributed by atoms with Gasteiger partial charge in [0.25, 0.3) is 0 Å². The molecule has 6 nitrogen and oxygen atoms in total. The van der Waals surface area contributed by atoms with E-state index in [2.05, 4.69) is 10.3 Å². The molecule has 3 aromatic rings. The molecule has 1 heterocycles. The van der Waals surface area contributed by atoms with Gasteiger partial charge in [-0.15, -0.1) is 0 Å². The molecule has 0 spiro atoms. The van der Waals surface area contributed by atoms with E-state index in [1.54, 1.807) is 19.4 Å². The zero-order valence-electron chi connectivity index (χ0n) is 16.0. The highest BCUT2D eigenvalue weighted by Gasteiger charge is 2.07. The maximum absolute atomic E-state index is 12.2. The third-order valence-corrected chi connectivity index (χ3v) is 3.85. The Labute approximate surface area is 163 Å². The number of oxazole rings is 1. The number of carbonyl (C=O) groups is 1. The van der Waals surface area contributed by atoms with E-state index in [1.807, 2.05) is 56.3 Å². The molecular formula is C22H22N2O4. The van der Waals surface area contributed by atoms with Crippen molar-refractivity contribution in [1.82, 2.24) is 4.98 Å². The lowest BCUT2D eigenvalue weighted by Gasteiger charge is -2.13. The third-order valence-electron chi connectivity index (χ3n) is 3.85. The molecule has 0 bridgehead atoms. The van der Waals surface area contributed by atoms with E-state index in [4.69, 9.17) is 13.9 Å². The topological polar surface area (TPSA) is 73.6 Å². The van der Waals surface area contributed by atoms with Crippen LogP contribution in [0.5, 0.6) is 11.5 Å². The predicted molar refractivity (Wildman–Crippen MR) is 108 cm³/mol. The van der Waals surface area contributed by atoms with Crippen LogP contribution in [-0.4, -0.2) is 24.1 Å². The first-order valence-corrected chi connectivity index (χ1v) is 8.88. The maximum Gasteiger partial charge on any atom is 0.248 e. The molecule has 1 N–H and O–H groups in total. The summed E-state index contributed by atoms with van der Waals surface area (Å²) in [5.41, 5.74) is 2.42. The van der Waals surface area contributed by atoms with Crippen molar-refractivity contribution in [2.24, 2.45) is 0 Å². The summed E-state index contributed by atoms with van der Waals surface area (Å²) in [6.07, 6.45) is 6.27. The van der Waals surface area contributed by atoms with E-state index in [9.17, 15) is 4.79 Å². The minimum absolute atomic E-state index is 0.0523. The molecule has 0 radical (unpaired) electrons. The number of methoxy groups -OCH3 is 1. The predicted octanol–water partition coefficient (Wildman–Crippen LogP) is 4.79. The van der Waals surface area contributed by atoms with Crippen LogP contribution in [0.15, 0.2) is 65.5 Å². The van der Waals surface area contributed by atoms with Gasteiger partial charge in [-0.05, 0) is 61.9 Å². The molecule has 28 heavy (non-hydrogen) atoms. The molecule has 0 atom stereocenters. The number of benzene rings is 2. The van der Waals surface area contributed by atoms with Crippen molar-refractivity contribution in [2.75, 3.05) is 12.4 Å². The van der Waals surface area contributed by atoms with Gasteiger partial charge in [0, 0.05) is 17.3 Å². The lowest BCUT2D eigenvalue weighted by molar-refractivity contribution is -0.111. The molecule has 2 aromatic carbocycles. The Morgan fingerprint density at radius 2 is 1.93 bits per heavy atom. The van der Waals surface area contributed by atoms with Gasteiger partial charge in [-0.3, -0.25) is 4.79 Å². The number of anilines is 1. The van der Waals surface area contributed by atoms with Crippen molar-refractivity contribution in [3.63, 3.8) is 0 Å². The number of aromatic nitrogens is 1. The number of amides is 1. The van der Waals surface area contributed by atoms with E-state index < -0.39 is 0 Å². The summed E-state index contributed by atoms with van der Waals surface area (Å²) in [7, 11) is 1.59. The molecule has 1 amide bonds. The first-order valence-electron chi connectivity index (χ1n) is 8.88. The van der Waals surface area contributed by atoms with Crippen LogP contribution in [0.25, 0.3) is 17.4 Å². The summed E-state index contributed by atoms with van der Waals surface area (Å²) in [4.78, 5) is 16.1. The fourth-order valence-corrected chi connectivity index (χ4v) is 2.57. The minimum Gasteiger partial charge on any atom is -0.493 e. The van der Waals surface area contributed by atoms with E-state index >= 15 is 0 Å². The molecule has 3 rings (SSSR count). The third kappa shape index (κ3) is 5.01. The van der Waals surface area contributed by atoms with E-state index in [-0.39, 0.29) is 12.0 Å². The fraction of sp³-hybridized carbons (Fsp3) is 0.182. The van der Waals surface area contributed by atoms with Crippen LogP contribution in [0.3, 0.4) is 0 Å². The second-order valence-corrected chi connectivity index (χ2v) is 6.34. The normalized spacial score (nSPS) is 11.0. The number of hydrogen-bond acceptors (Lipinski definition) is 5. The Morgan fingerprint density at radius 1 is 1.14 bits per heavy atom. The lowest BCUT2D eigenvalue weighted by Crippen LogP contribution is -2.07. The average molecular weight is 378 g/mol. The molecule has 1 aromatic heterocycles. The number of nitrogens with one attached hydrogen (secondary N) is 1. The van der Waals surface area contributed by atoms with Crippen LogP contribution in [-0.2, 0) is 4.79 Å². The molecule has 0 aliphatic heterocycles. The lowest BCUT2D eigenvalue weighted by atomic mass is 10.1. The molecule has 0 aliphatic rings. The monoisotopic (exact) mass is 378 g/mol. The second-order valence-electron chi connectivity index (χ2n) is 6.34. The van der Waals surface area contributed by atoms with Crippen molar-refractivity contribution in [3.05, 3.63) is 66.7 Å². The second kappa shape index (κ2) is 8.90. The van der Waals surface area contributed by atoms with Gasteiger partial charge in [0.1, 0.15) is 0 Å². The van der Waals surface area contributed by atoms with Crippen molar-refractivity contribution < 1.29 is 18.7 Å². The average Bonchev–Trinajstić information content (AvgIpc) is 3.22. The smallest absolute Gasteiger partial charge is 0.248 e. The Bertz CT molecular complexity index is 945. The highest BCUT2D eigenvalue weighted by atomic mass is 16.5. The van der Waals surface area contributed by atoms with Crippen LogP contribution in [0.1, 0.15) is 19.4 Å². The van der Waals surface area contributed by atoms with Crippen LogP contribution in [0.4, 0.5) is 5.69 Å². The SMILES string of the molecule is COc1cc(/C=C/C(=O)Nc2ccc(-c3cnco3)cc2)ccc1OC(C)C. The summed E-state index contributed by atoms with van der Waals surface area (Å²) in [5.74, 6) is 1.75. The molecule has 6 heteroatoms. The minimum atomic E-state index is -0.228. The summed E-state index contributed by atoms with van der Waals surface area (Å²) in [6, 6.07) is 12.9. The molecular weight excluding hydrogens is 356 g/mol. The van der Waals surface area contributed by atoms with Gasteiger partial charge in [0.15, 0.2) is 23.7 Å². The number of carbonyl (C=O) groups excluding carboxylic acids is 1. The van der Waals surface area contributed by atoms with Gasteiger partial charge >= 0.3 is 0 Å². The highest BCUT2D eigenvalue weighted by Crippen LogP contribution is 2.29. The number of ether oxygens (including phenoxy) is 2. The Morgan fingerprint density at radius 3 is 2.57 bits per heavy atom. The molecule has 0 aliphatic carbocycles. The summed E-state index contributed by atoms with van der Waals surface area (Å²) in [6.45, 7) is 3.91. The zero-order chi connectivity index (χ0) is 19.9. The Hall–Kier alpha value is -3.54. The molecule has 0 saturated heterocycles. The largest absolute Gasteiger partial charge is 0.493 e. The van der Waals surface area contributed by atoms with Gasteiger partial charge < -0.3 is 19.2 Å². The highest BCUT2D eigenvalue weighted by molar-refractivity contribution is 6.02. The summed E-state index contributed by atoms with van der Waals surface area (Å²) in [5, 5.41) is 2.82. The van der Waals surface area contributed by atoms with Crippen LogP contribution >= 0.6 is 0 Å². The van der Waals surface area contributed by atoms with E-state index in [0.717, 1.165) is 11.1 Å². The van der Waals surface area contributed by atoms with Crippen LogP contribution < -0.4 is 14.8 Å². The number of hydrogen-bond donors (Lipinski definition) is 1.